The number of ether oxygens (including phenoxy) is 1. The van der Waals surface area contributed by atoms with Crippen LogP contribution in [0.15, 0.2) is 35.1 Å². The number of hydrogen-bond donors (Lipinski definition) is 1. The molecule has 0 unspecified atom stereocenters. The molecule has 0 spiro atoms. The van der Waals surface area contributed by atoms with Gasteiger partial charge >= 0.3 is 0 Å². The third-order valence-corrected chi connectivity index (χ3v) is 3.68. The lowest BCUT2D eigenvalue weighted by atomic mass is 10.2. The maximum atomic E-state index is 5.16. The van der Waals surface area contributed by atoms with Crippen molar-refractivity contribution in [1.29, 1.82) is 0 Å². The van der Waals surface area contributed by atoms with Crippen LogP contribution in [0, 0.1) is 0 Å². The lowest BCUT2D eigenvalue weighted by Gasteiger charge is -2.20. The number of benzene rings is 1. The molecule has 0 bridgehead atoms. The molecule has 1 heterocycles. The molecule has 0 saturated carbocycles. The zero-order chi connectivity index (χ0) is 14.5. The van der Waals surface area contributed by atoms with Crippen molar-refractivity contribution in [3.63, 3.8) is 0 Å². The van der Waals surface area contributed by atoms with Gasteiger partial charge in [-0.2, -0.15) is 0 Å². The van der Waals surface area contributed by atoms with Crippen molar-refractivity contribution in [2.24, 2.45) is 0 Å². The van der Waals surface area contributed by atoms with E-state index in [1.54, 1.807) is 13.4 Å². The van der Waals surface area contributed by atoms with Gasteiger partial charge in [0.2, 0.25) is 0 Å². The number of rotatable bonds is 5. The topological polar surface area (TPSA) is 50.3 Å². The van der Waals surface area contributed by atoms with E-state index in [1.807, 2.05) is 38.4 Å². The van der Waals surface area contributed by atoms with Crippen molar-refractivity contribution in [1.82, 2.24) is 9.97 Å². The summed E-state index contributed by atoms with van der Waals surface area (Å²) in [4.78, 5) is 10.5. The van der Waals surface area contributed by atoms with Crippen molar-refractivity contribution in [3.05, 3.63) is 40.6 Å². The number of anilines is 2. The monoisotopic (exact) mass is 336 g/mol. The molecular weight excluding hydrogens is 320 g/mol. The molecule has 0 aliphatic carbocycles. The summed E-state index contributed by atoms with van der Waals surface area (Å²) in [5.41, 5.74) is 1.19. The normalized spacial score (nSPS) is 10.2. The van der Waals surface area contributed by atoms with Crippen molar-refractivity contribution < 1.29 is 4.74 Å². The first kappa shape index (κ1) is 14.6. The molecule has 0 atom stereocenters. The van der Waals surface area contributed by atoms with Gasteiger partial charge in [0.05, 0.1) is 7.11 Å². The molecule has 0 aliphatic rings. The molecule has 20 heavy (non-hydrogen) atoms. The van der Waals surface area contributed by atoms with Crippen LogP contribution in [0.4, 0.5) is 11.6 Å². The van der Waals surface area contributed by atoms with Crippen molar-refractivity contribution in [3.8, 4) is 5.75 Å². The Morgan fingerprint density at radius 2 is 1.95 bits per heavy atom. The van der Waals surface area contributed by atoms with Crippen LogP contribution in [0.25, 0.3) is 0 Å². The molecule has 6 heteroatoms. The van der Waals surface area contributed by atoms with E-state index >= 15 is 0 Å². The van der Waals surface area contributed by atoms with Crippen LogP contribution >= 0.6 is 15.9 Å². The first-order chi connectivity index (χ1) is 9.65. The second kappa shape index (κ2) is 6.56. The van der Waals surface area contributed by atoms with Gasteiger partial charge in [-0.1, -0.05) is 12.1 Å². The zero-order valence-electron chi connectivity index (χ0n) is 11.7. The maximum Gasteiger partial charge on any atom is 0.148 e. The smallest absolute Gasteiger partial charge is 0.148 e. The highest BCUT2D eigenvalue weighted by Gasteiger charge is 2.12. The van der Waals surface area contributed by atoms with E-state index < -0.39 is 0 Å². The molecule has 1 N–H and O–H groups in total. The molecule has 1 aromatic heterocycles. The predicted molar refractivity (Wildman–Crippen MR) is 84.4 cm³/mol. The van der Waals surface area contributed by atoms with Crippen LogP contribution in [-0.4, -0.2) is 31.2 Å². The van der Waals surface area contributed by atoms with Crippen LogP contribution in [0.5, 0.6) is 5.75 Å². The summed E-state index contributed by atoms with van der Waals surface area (Å²) in [6.45, 7) is 0.753. The Labute approximate surface area is 127 Å². The summed E-state index contributed by atoms with van der Waals surface area (Å²) >= 11 is 3.53. The first-order valence-corrected chi connectivity index (χ1v) is 6.97. The van der Waals surface area contributed by atoms with Gasteiger partial charge in [0, 0.05) is 20.6 Å². The Bertz CT molecular complexity index is 574. The number of aromatic nitrogens is 2. The largest absolute Gasteiger partial charge is 0.497 e. The van der Waals surface area contributed by atoms with E-state index in [2.05, 4.69) is 36.1 Å². The third-order valence-electron chi connectivity index (χ3n) is 2.95. The minimum absolute atomic E-state index is 0.753. The van der Waals surface area contributed by atoms with Crippen LogP contribution in [0.1, 0.15) is 5.56 Å². The molecule has 0 saturated heterocycles. The SMILES string of the molecule is CNc1ncnc(N(C)Cc2ccc(OC)cc2)c1Br. The number of nitrogens with zero attached hydrogens (tertiary/aromatic N) is 3. The minimum Gasteiger partial charge on any atom is -0.497 e. The molecule has 0 aliphatic heterocycles. The summed E-state index contributed by atoms with van der Waals surface area (Å²) in [7, 11) is 5.50. The Morgan fingerprint density at radius 3 is 2.55 bits per heavy atom. The Hall–Kier alpha value is -1.82. The van der Waals surface area contributed by atoms with E-state index in [4.69, 9.17) is 4.74 Å². The molecule has 0 radical (unpaired) electrons. The summed E-state index contributed by atoms with van der Waals surface area (Å²) in [6, 6.07) is 8.00. The van der Waals surface area contributed by atoms with Gasteiger partial charge in [-0.25, -0.2) is 9.97 Å². The van der Waals surface area contributed by atoms with Crippen molar-refractivity contribution >= 4 is 27.6 Å². The summed E-state index contributed by atoms with van der Waals surface area (Å²) in [5, 5.41) is 3.03. The fourth-order valence-corrected chi connectivity index (χ4v) is 2.59. The van der Waals surface area contributed by atoms with Gasteiger partial charge in [0.1, 0.15) is 28.2 Å². The summed E-state index contributed by atoms with van der Waals surface area (Å²) < 4.78 is 6.02. The second-order valence-corrected chi connectivity index (χ2v) is 5.11. The van der Waals surface area contributed by atoms with Gasteiger partial charge < -0.3 is 15.0 Å². The average Bonchev–Trinajstić information content (AvgIpc) is 2.48. The summed E-state index contributed by atoms with van der Waals surface area (Å²) in [6.07, 6.45) is 1.55. The van der Waals surface area contributed by atoms with Crippen LogP contribution < -0.4 is 15.0 Å². The quantitative estimate of drug-likeness (QED) is 0.909. The van der Waals surface area contributed by atoms with Crippen LogP contribution in [0.3, 0.4) is 0 Å². The highest BCUT2D eigenvalue weighted by molar-refractivity contribution is 9.10. The van der Waals surface area contributed by atoms with E-state index in [1.165, 1.54) is 5.56 Å². The van der Waals surface area contributed by atoms with Crippen molar-refractivity contribution in [2.75, 3.05) is 31.4 Å². The van der Waals surface area contributed by atoms with Crippen LogP contribution in [-0.2, 0) is 6.54 Å². The number of methoxy groups -OCH3 is 1. The molecule has 2 aromatic rings. The molecule has 1 aromatic carbocycles. The highest BCUT2D eigenvalue weighted by Crippen LogP contribution is 2.29. The molecule has 0 amide bonds. The van der Waals surface area contributed by atoms with Gasteiger partial charge in [-0.05, 0) is 33.6 Å². The maximum absolute atomic E-state index is 5.16. The fourth-order valence-electron chi connectivity index (χ4n) is 1.88. The van der Waals surface area contributed by atoms with Gasteiger partial charge in [0.25, 0.3) is 0 Å². The van der Waals surface area contributed by atoms with Crippen molar-refractivity contribution in [2.45, 2.75) is 6.54 Å². The standard InChI is InChI=1S/C14H17BrN4O/c1-16-13-12(15)14(18-9-17-13)19(2)8-10-4-6-11(20-3)7-5-10/h4-7,9H,8H2,1-3H3,(H,16,17,18). The Kier molecular flexibility index (Phi) is 4.79. The number of nitrogens with one attached hydrogen (secondary N) is 1. The van der Waals surface area contributed by atoms with E-state index in [0.29, 0.717) is 0 Å². The molecule has 0 fully saturated rings. The van der Waals surface area contributed by atoms with Crippen LogP contribution in [0.2, 0.25) is 0 Å². The number of hydrogen-bond acceptors (Lipinski definition) is 5. The van der Waals surface area contributed by atoms with Gasteiger partial charge in [-0.3, -0.25) is 0 Å². The Morgan fingerprint density at radius 1 is 1.25 bits per heavy atom. The predicted octanol–water partition coefficient (Wildman–Crippen LogP) is 2.93. The minimum atomic E-state index is 0.753. The third kappa shape index (κ3) is 3.19. The lowest BCUT2D eigenvalue weighted by Crippen LogP contribution is -2.18. The van der Waals surface area contributed by atoms with E-state index in [0.717, 1.165) is 28.4 Å². The second-order valence-electron chi connectivity index (χ2n) is 4.31. The molecule has 106 valence electrons. The zero-order valence-corrected chi connectivity index (χ0v) is 13.3. The van der Waals surface area contributed by atoms with E-state index in [9.17, 15) is 0 Å². The average molecular weight is 337 g/mol. The lowest BCUT2D eigenvalue weighted by molar-refractivity contribution is 0.414. The summed E-state index contributed by atoms with van der Waals surface area (Å²) in [5.74, 6) is 2.48. The molecule has 5 nitrogen and oxygen atoms in total. The highest BCUT2D eigenvalue weighted by atomic mass is 79.9. The Balaban J connectivity index is 2.16. The number of halogens is 1. The van der Waals surface area contributed by atoms with Gasteiger partial charge in [0.15, 0.2) is 0 Å². The molecular formula is C14H17BrN4O. The van der Waals surface area contributed by atoms with Gasteiger partial charge in [-0.15, -0.1) is 0 Å². The fraction of sp³-hybridized carbons (Fsp3) is 0.286. The first-order valence-electron chi connectivity index (χ1n) is 6.18. The van der Waals surface area contributed by atoms with E-state index in [-0.39, 0.29) is 0 Å². The molecule has 2 rings (SSSR count).